The van der Waals surface area contributed by atoms with Crippen LogP contribution in [-0.4, -0.2) is 17.4 Å². The number of amides is 1. The zero-order valence-electron chi connectivity index (χ0n) is 15.1. The second kappa shape index (κ2) is 7.79. The summed E-state index contributed by atoms with van der Waals surface area (Å²) >= 11 is 1.59. The second-order valence-corrected chi connectivity index (χ2v) is 7.42. The molecule has 3 aromatic rings. The van der Waals surface area contributed by atoms with Crippen LogP contribution in [0.5, 0.6) is 0 Å². The summed E-state index contributed by atoms with van der Waals surface area (Å²) in [5.74, 6) is -0.315. The van der Waals surface area contributed by atoms with E-state index >= 15 is 0 Å². The van der Waals surface area contributed by atoms with Gasteiger partial charge in [-0.25, -0.2) is 9.37 Å². The van der Waals surface area contributed by atoms with Crippen LogP contribution in [0.15, 0.2) is 42.5 Å². The Labute approximate surface area is 156 Å². The molecule has 1 N–H and O–H groups in total. The van der Waals surface area contributed by atoms with Crippen LogP contribution in [0, 0.1) is 26.6 Å². The highest BCUT2D eigenvalue weighted by Gasteiger charge is 2.11. The monoisotopic (exact) mass is 368 g/mol. The van der Waals surface area contributed by atoms with E-state index in [-0.39, 0.29) is 11.7 Å². The fourth-order valence-corrected chi connectivity index (χ4v) is 3.72. The van der Waals surface area contributed by atoms with E-state index in [1.807, 2.05) is 39.0 Å². The minimum Gasteiger partial charge on any atom is -0.352 e. The zero-order chi connectivity index (χ0) is 18.7. The minimum atomic E-state index is -0.253. The molecular weight excluding hydrogens is 347 g/mol. The van der Waals surface area contributed by atoms with Crippen molar-refractivity contribution in [3.8, 4) is 10.6 Å². The first-order valence-corrected chi connectivity index (χ1v) is 9.33. The van der Waals surface area contributed by atoms with Gasteiger partial charge in [0.2, 0.25) is 0 Å². The number of halogens is 1. The molecule has 3 nitrogen and oxygen atoms in total. The first-order valence-electron chi connectivity index (χ1n) is 8.52. The normalized spacial score (nSPS) is 10.8. The molecule has 0 aliphatic heterocycles. The smallest absolute Gasteiger partial charge is 0.251 e. The summed E-state index contributed by atoms with van der Waals surface area (Å²) < 4.78 is 13.1. The van der Waals surface area contributed by atoms with Crippen LogP contribution in [0.2, 0.25) is 0 Å². The highest BCUT2D eigenvalue weighted by atomic mass is 32.1. The maximum absolute atomic E-state index is 13.1. The number of carbonyl (C=O) groups is 1. The molecule has 0 unspecified atom stereocenters. The van der Waals surface area contributed by atoms with Crippen LogP contribution in [0.1, 0.15) is 32.1 Å². The summed E-state index contributed by atoms with van der Waals surface area (Å²) in [6.45, 7) is 6.55. The fraction of sp³-hybridized carbons (Fsp3) is 0.238. The summed E-state index contributed by atoms with van der Waals surface area (Å²) in [6.07, 6.45) is 0.723. The van der Waals surface area contributed by atoms with E-state index < -0.39 is 0 Å². The molecule has 0 bridgehead atoms. The lowest BCUT2D eigenvalue weighted by molar-refractivity contribution is 0.0954. The van der Waals surface area contributed by atoms with Crippen molar-refractivity contribution < 1.29 is 9.18 Å². The standard InChI is InChI=1S/C21H21FN2OS/c1-13-4-5-17(12-14(13)2)20(25)23-11-10-19-15(3)24-21(26-19)16-6-8-18(22)9-7-16/h4-9,12H,10-11H2,1-3H3,(H,23,25). The molecule has 26 heavy (non-hydrogen) atoms. The first kappa shape index (κ1) is 18.3. The number of benzene rings is 2. The van der Waals surface area contributed by atoms with E-state index in [0.29, 0.717) is 12.1 Å². The molecule has 0 saturated carbocycles. The van der Waals surface area contributed by atoms with E-state index in [4.69, 9.17) is 0 Å². The summed E-state index contributed by atoms with van der Waals surface area (Å²) in [7, 11) is 0. The lowest BCUT2D eigenvalue weighted by Gasteiger charge is -2.07. The molecular formula is C21H21FN2OS. The average Bonchev–Trinajstić information content (AvgIpc) is 2.98. The third-order valence-electron chi connectivity index (χ3n) is 4.39. The first-order chi connectivity index (χ1) is 12.4. The summed E-state index contributed by atoms with van der Waals surface area (Å²) in [6, 6.07) is 12.1. The highest BCUT2D eigenvalue weighted by molar-refractivity contribution is 7.15. The van der Waals surface area contributed by atoms with Gasteiger partial charge in [0, 0.05) is 29.0 Å². The van der Waals surface area contributed by atoms with Gasteiger partial charge in [-0.2, -0.15) is 0 Å². The van der Waals surface area contributed by atoms with Gasteiger partial charge in [-0.3, -0.25) is 4.79 Å². The van der Waals surface area contributed by atoms with Crippen molar-refractivity contribution in [1.29, 1.82) is 0 Å². The number of hydrogen-bond acceptors (Lipinski definition) is 3. The van der Waals surface area contributed by atoms with Gasteiger partial charge in [0.15, 0.2) is 0 Å². The topological polar surface area (TPSA) is 42.0 Å². The Morgan fingerprint density at radius 3 is 2.50 bits per heavy atom. The van der Waals surface area contributed by atoms with Crippen molar-refractivity contribution >= 4 is 17.2 Å². The Balaban J connectivity index is 1.62. The Morgan fingerprint density at radius 1 is 1.08 bits per heavy atom. The summed E-state index contributed by atoms with van der Waals surface area (Å²) in [5, 5.41) is 3.84. The molecule has 0 radical (unpaired) electrons. The van der Waals surface area contributed by atoms with E-state index in [9.17, 15) is 9.18 Å². The summed E-state index contributed by atoms with van der Waals surface area (Å²) in [4.78, 5) is 18.0. The molecule has 0 aliphatic carbocycles. The van der Waals surface area contributed by atoms with Gasteiger partial charge in [0.25, 0.3) is 5.91 Å². The van der Waals surface area contributed by atoms with Crippen molar-refractivity contribution in [2.75, 3.05) is 6.54 Å². The Kier molecular flexibility index (Phi) is 5.47. The van der Waals surface area contributed by atoms with E-state index in [2.05, 4.69) is 10.3 Å². The molecule has 0 saturated heterocycles. The van der Waals surface area contributed by atoms with Gasteiger partial charge < -0.3 is 5.32 Å². The Hall–Kier alpha value is -2.53. The van der Waals surface area contributed by atoms with Gasteiger partial charge in [0.05, 0.1) is 5.69 Å². The summed E-state index contributed by atoms with van der Waals surface area (Å²) in [5.41, 5.74) is 4.83. The Bertz CT molecular complexity index is 932. The van der Waals surface area contributed by atoms with Crippen molar-refractivity contribution in [3.05, 3.63) is 75.5 Å². The van der Waals surface area contributed by atoms with Crippen LogP contribution in [-0.2, 0) is 6.42 Å². The van der Waals surface area contributed by atoms with Gasteiger partial charge in [-0.15, -0.1) is 11.3 Å². The van der Waals surface area contributed by atoms with Crippen molar-refractivity contribution in [2.24, 2.45) is 0 Å². The number of carbonyl (C=O) groups excluding carboxylic acids is 1. The molecule has 3 rings (SSSR count). The van der Waals surface area contributed by atoms with Crippen LogP contribution in [0.3, 0.4) is 0 Å². The minimum absolute atomic E-state index is 0.0611. The molecule has 134 valence electrons. The van der Waals surface area contributed by atoms with Crippen molar-refractivity contribution in [3.63, 3.8) is 0 Å². The predicted octanol–water partition coefficient (Wildman–Crippen LogP) is 4.85. The highest BCUT2D eigenvalue weighted by Crippen LogP contribution is 2.28. The average molecular weight is 368 g/mol. The maximum atomic E-state index is 13.1. The van der Waals surface area contributed by atoms with E-state index in [0.717, 1.165) is 33.1 Å². The molecule has 2 aromatic carbocycles. The zero-order valence-corrected chi connectivity index (χ0v) is 15.9. The number of aryl methyl sites for hydroxylation is 3. The van der Waals surface area contributed by atoms with Gasteiger partial charge in [-0.05, 0) is 68.3 Å². The molecule has 0 aliphatic rings. The van der Waals surface area contributed by atoms with Gasteiger partial charge in [0.1, 0.15) is 10.8 Å². The molecule has 1 amide bonds. The number of nitrogens with one attached hydrogen (secondary N) is 1. The van der Waals surface area contributed by atoms with Gasteiger partial charge in [-0.1, -0.05) is 6.07 Å². The SMILES string of the molecule is Cc1ccc(C(=O)NCCc2sc(-c3ccc(F)cc3)nc2C)cc1C. The van der Waals surface area contributed by atoms with E-state index in [1.54, 1.807) is 23.5 Å². The third kappa shape index (κ3) is 4.17. The maximum Gasteiger partial charge on any atom is 0.251 e. The largest absolute Gasteiger partial charge is 0.352 e. The number of thiazole rings is 1. The number of aromatic nitrogens is 1. The van der Waals surface area contributed by atoms with Crippen LogP contribution in [0.4, 0.5) is 4.39 Å². The molecule has 0 fully saturated rings. The molecule has 0 atom stereocenters. The third-order valence-corrected chi connectivity index (χ3v) is 5.66. The lowest BCUT2D eigenvalue weighted by Crippen LogP contribution is -2.25. The van der Waals surface area contributed by atoms with E-state index in [1.165, 1.54) is 17.7 Å². The van der Waals surface area contributed by atoms with Crippen molar-refractivity contribution in [1.82, 2.24) is 10.3 Å². The number of hydrogen-bond donors (Lipinski definition) is 1. The fourth-order valence-electron chi connectivity index (χ4n) is 2.65. The van der Waals surface area contributed by atoms with Gasteiger partial charge >= 0.3 is 0 Å². The van der Waals surface area contributed by atoms with Crippen LogP contribution < -0.4 is 5.32 Å². The molecule has 5 heteroatoms. The Morgan fingerprint density at radius 2 is 1.81 bits per heavy atom. The number of nitrogens with zero attached hydrogens (tertiary/aromatic N) is 1. The second-order valence-electron chi connectivity index (χ2n) is 6.34. The predicted molar refractivity (Wildman–Crippen MR) is 104 cm³/mol. The molecule has 0 spiro atoms. The molecule has 1 aromatic heterocycles. The van der Waals surface area contributed by atoms with Crippen LogP contribution in [0.25, 0.3) is 10.6 Å². The quantitative estimate of drug-likeness (QED) is 0.700. The van der Waals surface area contributed by atoms with Crippen molar-refractivity contribution in [2.45, 2.75) is 27.2 Å². The van der Waals surface area contributed by atoms with Crippen LogP contribution >= 0.6 is 11.3 Å². The number of rotatable bonds is 5. The molecule has 1 heterocycles. The lowest BCUT2D eigenvalue weighted by atomic mass is 10.1.